The molecule has 4 atom stereocenters. The summed E-state index contributed by atoms with van der Waals surface area (Å²) in [5.74, 6) is 4.36. The first-order valence-corrected chi connectivity index (χ1v) is 33.1. The second-order valence-corrected chi connectivity index (χ2v) is 26.2. The zero-order valence-electron chi connectivity index (χ0n) is 54.7. The first kappa shape index (κ1) is 67.1. The second-order valence-electron chi connectivity index (χ2n) is 26.2. The summed E-state index contributed by atoms with van der Waals surface area (Å²) in [6, 6.07) is 17.9. The molecule has 0 amide bonds. The van der Waals surface area contributed by atoms with Crippen LogP contribution in [0.2, 0.25) is 0 Å². The van der Waals surface area contributed by atoms with E-state index in [2.05, 4.69) is 103 Å². The zero-order valence-corrected chi connectivity index (χ0v) is 54.7. The Morgan fingerprint density at radius 1 is 0.702 bits per heavy atom. The molecule has 4 aromatic carbocycles. The summed E-state index contributed by atoms with van der Waals surface area (Å²) in [5, 5.41) is 6.83. The molecule has 4 aromatic heterocycles. The molecule has 0 radical (unpaired) electrons. The average molecular weight is 1280 g/mol. The maximum absolute atomic E-state index is 16.7. The Labute approximate surface area is 549 Å². The van der Waals surface area contributed by atoms with Crippen LogP contribution in [-0.4, -0.2) is 161 Å². The van der Waals surface area contributed by atoms with E-state index in [9.17, 15) is 13.2 Å². The molecule has 6 saturated heterocycles. The highest BCUT2D eigenvalue weighted by atomic mass is 19.1. The lowest BCUT2D eigenvalue weighted by molar-refractivity contribution is 0.0323. The Morgan fingerprint density at radius 2 is 1.24 bits per heavy atom. The topological polar surface area (TPSA) is 124 Å². The normalized spacial score (nSPS) is 20.0. The highest BCUT2D eigenvalue weighted by Crippen LogP contribution is 2.43. The van der Waals surface area contributed by atoms with Crippen LogP contribution in [0.4, 0.5) is 33.6 Å². The number of nitrogens with zero attached hydrogens (tertiary/aromatic N) is 11. The monoisotopic (exact) mass is 1280 g/mol. The minimum Gasteiger partial charge on any atom is -0.467 e. The van der Waals surface area contributed by atoms with Crippen molar-refractivity contribution in [1.82, 2.24) is 49.9 Å². The van der Waals surface area contributed by atoms with Crippen LogP contribution in [0.3, 0.4) is 0 Å². The molecular weight excluding hydrogens is 1200 g/mol. The molecule has 1 N–H and O–H groups in total. The van der Waals surface area contributed by atoms with Crippen molar-refractivity contribution in [1.29, 1.82) is 0 Å². The molecule has 14 rings (SSSR count). The van der Waals surface area contributed by atoms with Crippen LogP contribution in [0, 0.1) is 59.3 Å². The number of alkyl halides is 1. The molecule has 6 aliphatic rings. The van der Waals surface area contributed by atoms with E-state index in [1.807, 2.05) is 11.0 Å². The molecule has 492 valence electrons. The summed E-state index contributed by atoms with van der Waals surface area (Å²) in [6.07, 6.45) is 27.9. The van der Waals surface area contributed by atoms with E-state index in [0.717, 1.165) is 71.0 Å². The van der Waals surface area contributed by atoms with Crippen molar-refractivity contribution in [2.75, 3.05) is 102 Å². The predicted molar refractivity (Wildman–Crippen MR) is 367 cm³/mol. The number of piperazine rings is 1. The van der Waals surface area contributed by atoms with Gasteiger partial charge >= 0.3 is 12.0 Å². The molecule has 8 aromatic rings. The summed E-state index contributed by atoms with van der Waals surface area (Å²) >= 11 is 0. The fourth-order valence-electron chi connectivity index (χ4n) is 14.4. The number of fused-ring (bicyclic) bond motifs is 7. The number of nitrogens with one attached hydrogen (secondary N) is 1. The first-order chi connectivity index (χ1) is 45.6. The average Bonchev–Trinajstić information content (AvgIpc) is 0.963. The SMILES string of the molecule is C#Cc1c(F)ccc2cccc(-c3ncc4c(N(CC=C)CC=C)nc(OC)nc4c3F)c12.C#Cc1c(F)ccc2cccc(-c3ncc4c(N5CC6CCC(C5)N6)nc(OCCN5CCC6(CCN(CC)CC6)CC5)nc4c3F)c12.CC(C)C.FC1CC2CCCN2C1. The van der Waals surface area contributed by atoms with Crippen molar-refractivity contribution in [2.45, 2.75) is 110 Å². The van der Waals surface area contributed by atoms with Gasteiger partial charge in [0.1, 0.15) is 58.5 Å². The molecular formula is C75H85F5N12O2. The van der Waals surface area contributed by atoms with Crippen LogP contribution in [0.25, 0.3) is 65.9 Å². The lowest BCUT2D eigenvalue weighted by Crippen LogP contribution is -2.51. The van der Waals surface area contributed by atoms with Gasteiger partial charge in [-0.1, -0.05) is 100 Å². The molecule has 19 heteroatoms. The Morgan fingerprint density at radius 3 is 1.78 bits per heavy atom. The van der Waals surface area contributed by atoms with E-state index in [4.69, 9.17) is 27.3 Å². The van der Waals surface area contributed by atoms with Crippen LogP contribution in [-0.2, 0) is 0 Å². The number of benzene rings is 4. The number of likely N-dealkylation sites (tertiary alicyclic amines) is 2. The maximum atomic E-state index is 16.7. The van der Waals surface area contributed by atoms with Crippen molar-refractivity contribution in [2.24, 2.45) is 11.3 Å². The van der Waals surface area contributed by atoms with Crippen LogP contribution in [0.5, 0.6) is 12.0 Å². The van der Waals surface area contributed by atoms with Crippen LogP contribution >= 0.6 is 0 Å². The molecule has 0 saturated carbocycles. The molecule has 94 heavy (non-hydrogen) atoms. The lowest BCUT2D eigenvalue weighted by Gasteiger charge is -2.46. The molecule has 6 fully saturated rings. The van der Waals surface area contributed by atoms with Gasteiger partial charge in [0, 0.05) is 91.7 Å². The maximum Gasteiger partial charge on any atom is 0.319 e. The van der Waals surface area contributed by atoms with Gasteiger partial charge in [-0.2, -0.15) is 19.9 Å². The minimum atomic E-state index is -0.689. The fourth-order valence-corrected chi connectivity index (χ4v) is 14.4. The third kappa shape index (κ3) is 14.5. The number of piperidine rings is 2. The van der Waals surface area contributed by atoms with Crippen molar-refractivity contribution >= 4 is 55.0 Å². The summed E-state index contributed by atoms with van der Waals surface area (Å²) in [4.78, 5) is 38.5. The number of halogens is 5. The third-order valence-corrected chi connectivity index (χ3v) is 19.2. The highest BCUT2D eigenvalue weighted by Gasteiger charge is 2.39. The highest BCUT2D eigenvalue weighted by molar-refractivity contribution is 6.03. The van der Waals surface area contributed by atoms with Gasteiger partial charge in [-0.3, -0.25) is 19.8 Å². The zero-order chi connectivity index (χ0) is 66.2. The van der Waals surface area contributed by atoms with Crippen molar-refractivity contribution in [3.05, 3.63) is 133 Å². The van der Waals surface area contributed by atoms with Crippen LogP contribution < -0.4 is 24.6 Å². The van der Waals surface area contributed by atoms with Crippen LogP contribution in [0.1, 0.15) is 96.6 Å². The summed E-state index contributed by atoms with van der Waals surface area (Å²) in [5.41, 5.74) is 1.64. The van der Waals surface area contributed by atoms with Crippen molar-refractivity contribution in [3.8, 4) is 59.2 Å². The number of pyridine rings is 2. The van der Waals surface area contributed by atoms with Crippen LogP contribution in [0.15, 0.2) is 98.4 Å². The number of methoxy groups -OCH3 is 1. The molecule has 4 unspecified atom stereocenters. The third-order valence-electron chi connectivity index (χ3n) is 19.2. The number of anilines is 2. The number of aromatic nitrogens is 6. The molecule has 1 spiro atoms. The minimum absolute atomic E-state index is 0.0000439. The van der Waals surface area contributed by atoms with E-state index in [1.165, 1.54) is 77.1 Å². The summed E-state index contributed by atoms with van der Waals surface area (Å²) in [7, 11) is 1.41. The van der Waals surface area contributed by atoms with E-state index in [0.29, 0.717) is 105 Å². The van der Waals surface area contributed by atoms with Crippen molar-refractivity contribution in [3.63, 3.8) is 0 Å². The summed E-state index contributed by atoms with van der Waals surface area (Å²) < 4.78 is 86.0. The fraction of sp³-hybridized carbons (Fsp3) is 0.440. The Hall–Kier alpha value is -8.33. The second kappa shape index (κ2) is 30.0. The van der Waals surface area contributed by atoms with Gasteiger partial charge in [-0.15, -0.1) is 26.0 Å². The standard InChI is InChI=1S/C38H43F2N7O.C26H20F2N4O.C7H12FN.C4H10/c1-3-28-31(39)11-8-25-6-5-7-29(32(25)28)34-33(40)35-30(22-41-34)36(47-23-26-9-10-27(24-47)42-26)44-37(43-35)48-21-20-46-18-14-38(15-19-46)12-16-45(4-2)17-13-38;1-5-13-32(14-6-2)25-19-15-29-23(22(28)24(19)30-26(31-25)33-4)18-10-8-9-16-11-12-20(27)17(7-3)21(16)18;8-6-4-7-2-1-3-9(7)5-6;1-4(2)3/h1,5-8,11,22,26-27,42H,4,9-10,12-21,23-24H2,2H3;3,5-6,8-12,15H,1-2,13-14H2,4H3;6-7H,1-5H2;4H,1-3H3. The molecule has 6 aliphatic heterocycles. The number of hydrogen-bond donors (Lipinski definition) is 1. The quantitative estimate of drug-likeness (QED) is 0.0631. The number of terminal acetylenes is 2. The van der Waals surface area contributed by atoms with Gasteiger partial charge in [-0.25, -0.2) is 22.0 Å². The number of rotatable bonds is 14. The predicted octanol–water partition coefficient (Wildman–Crippen LogP) is 13.8. The number of hydrogen-bond acceptors (Lipinski definition) is 14. The van der Waals surface area contributed by atoms with Gasteiger partial charge in [0.05, 0.1) is 29.0 Å². The van der Waals surface area contributed by atoms with Gasteiger partial charge < -0.3 is 29.5 Å². The van der Waals surface area contributed by atoms with Gasteiger partial charge in [0.15, 0.2) is 11.6 Å². The largest absolute Gasteiger partial charge is 0.467 e. The van der Waals surface area contributed by atoms with E-state index >= 15 is 8.78 Å². The van der Waals surface area contributed by atoms with E-state index < -0.39 is 29.4 Å². The first-order valence-electron chi connectivity index (χ1n) is 33.1. The van der Waals surface area contributed by atoms with E-state index in [1.54, 1.807) is 60.8 Å². The lowest BCUT2D eigenvalue weighted by atomic mass is 9.71. The molecule has 14 nitrogen and oxygen atoms in total. The Bertz CT molecular complexity index is 4100. The Kier molecular flexibility index (Phi) is 21.4. The van der Waals surface area contributed by atoms with E-state index in [-0.39, 0.29) is 45.6 Å². The Balaban J connectivity index is 0.000000168. The number of ether oxygens (including phenoxy) is 2. The summed E-state index contributed by atoms with van der Waals surface area (Å²) in [6.45, 7) is 27.5. The molecule has 10 heterocycles. The van der Waals surface area contributed by atoms with Crippen molar-refractivity contribution < 1.29 is 31.4 Å². The molecule has 2 bridgehead atoms. The molecule has 0 aliphatic carbocycles. The van der Waals surface area contributed by atoms with Gasteiger partial charge in [0.25, 0.3) is 0 Å². The van der Waals surface area contributed by atoms with Gasteiger partial charge in [0.2, 0.25) is 0 Å². The van der Waals surface area contributed by atoms with Gasteiger partial charge in [-0.05, 0) is 131 Å². The smallest absolute Gasteiger partial charge is 0.319 e.